The fraction of sp³-hybridized carbons (Fsp3) is 0.327. The van der Waals surface area contributed by atoms with Crippen LogP contribution in [-0.4, -0.2) is 54.7 Å². The third-order valence-corrected chi connectivity index (χ3v) is 14.0. The van der Waals surface area contributed by atoms with Crippen LogP contribution >= 0.6 is 15.9 Å². The van der Waals surface area contributed by atoms with Gasteiger partial charge in [-0.3, -0.25) is 0 Å². The lowest BCUT2D eigenvalue weighted by molar-refractivity contribution is 0.00578. The number of halogens is 1. The number of hydrogen-bond acceptors (Lipinski definition) is 6. The molecule has 0 saturated carbocycles. The van der Waals surface area contributed by atoms with Crippen LogP contribution < -0.4 is 5.46 Å². The Balaban J connectivity index is 0.000000165. The zero-order chi connectivity index (χ0) is 46.1. The lowest BCUT2D eigenvalue weighted by Crippen LogP contribution is -2.41. The van der Waals surface area contributed by atoms with E-state index < -0.39 is 14.0 Å². The minimum Gasteiger partial charge on any atom is -0.405 e. The Morgan fingerprint density at radius 1 is 0.308 bits per heavy atom. The molecule has 0 aromatic heterocycles. The van der Waals surface area contributed by atoms with Crippen LogP contribution in [0.1, 0.15) is 83.1 Å². The maximum absolute atomic E-state index is 6.31. The maximum atomic E-state index is 6.31. The van der Waals surface area contributed by atoms with Crippen molar-refractivity contribution in [3.05, 3.63) is 170 Å². The van der Waals surface area contributed by atoms with Crippen LogP contribution in [0.5, 0.6) is 0 Å². The van der Waals surface area contributed by atoms with Crippen molar-refractivity contribution >= 4 is 42.5 Å². The SMILES string of the molecule is Brc1cc(-c2ccccc2)cc(-c2ccccc2)c1.CC1(C)OB(B2OC(C)(C)C(C)(C)O2)OC1(C)C.CC1(C)OB(c2cc(-c3ccccc3)cc(-c3ccccc3)c2)OC1(C)C.[CH3-]. The molecular formula is C55H65B3BrO6-. The Bertz CT molecular complexity index is 2300. The zero-order valence-corrected chi connectivity index (χ0v) is 42.2. The predicted molar refractivity (Wildman–Crippen MR) is 277 cm³/mol. The monoisotopic (exact) mass is 933 g/mol. The van der Waals surface area contributed by atoms with E-state index in [0.717, 1.165) is 9.94 Å². The van der Waals surface area contributed by atoms with Crippen molar-refractivity contribution in [1.29, 1.82) is 0 Å². The van der Waals surface area contributed by atoms with Crippen molar-refractivity contribution in [2.45, 2.75) is 117 Å². The highest BCUT2D eigenvalue weighted by Gasteiger charge is 2.63. The Hall–Kier alpha value is -4.25. The van der Waals surface area contributed by atoms with Crippen LogP contribution in [0, 0.1) is 7.43 Å². The van der Waals surface area contributed by atoms with E-state index in [1.165, 1.54) is 44.5 Å². The van der Waals surface area contributed by atoms with Crippen molar-refractivity contribution in [1.82, 2.24) is 0 Å². The van der Waals surface area contributed by atoms with Gasteiger partial charge in [0, 0.05) is 4.47 Å². The second-order valence-electron chi connectivity index (χ2n) is 19.9. The molecule has 0 bridgehead atoms. The summed E-state index contributed by atoms with van der Waals surface area (Å²) in [5.74, 6) is 0. The van der Waals surface area contributed by atoms with Gasteiger partial charge in [0.05, 0.1) is 33.6 Å². The van der Waals surface area contributed by atoms with Gasteiger partial charge in [-0.1, -0.05) is 149 Å². The normalized spacial score (nSPS) is 19.3. The molecule has 65 heavy (non-hydrogen) atoms. The first-order valence-corrected chi connectivity index (χ1v) is 23.1. The van der Waals surface area contributed by atoms with Gasteiger partial charge in [-0.15, -0.1) is 0 Å². The summed E-state index contributed by atoms with van der Waals surface area (Å²) in [5.41, 5.74) is 8.55. The summed E-state index contributed by atoms with van der Waals surface area (Å²) in [7, 11) is -1.33. The van der Waals surface area contributed by atoms with Crippen LogP contribution in [0.15, 0.2) is 162 Å². The fourth-order valence-electron chi connectivity index (χ4n) is 7.55. The lowest BCUT2D eigenvalue weighted by Gasteiger charge is -2.32. The van der Waals surface area contributed by atoms with Gasteiger partial charge in [-0.25, -0.2) is 0 Å². The number of hydrogen-bond donors (Lipinski definition) is 0. The number of rotatable bonds is 6. The van der Waals surface area contributed by atoms with Crippen molar-refractivity contribution in [3.63, 3.8) is 0 Å². The second kappa shape index (κ2) is 19.5. The Labute approximate surface area is 399 Å². The van der Waals surface area contributed by atoms with Crippen LogP contribution in [0.3, 0.4) is 0 Å². The van der Waals surface area contributed by atoms with Crippen molar-refractivity contribution in [2.24, 2.45) is 0 Å². The molecule has 0 amide bonds. The van der Waals surface area contributed by atoms with Crippen molar-refractivity contribution in [3.8, 4) is 44.5 Å². The van der Waals surface area contributed by atoms with Gasteiger partial charge in [0.2, 0.25) is 0 Å². The minimum atomic E-state index is -0.476. The Kier molecular flexibility index (Phi) is 15.1. The van der Waals surface area contributed by atoms with E-state index in [-0.39, 0.29) is 48.2 Å². The molecule has 6 aromatic carbocycles. The molecule has 3 aliphatic heterocycles. The minimum absolute atomic E-state index is 0. The molecule has 0 spiro atoms. The van der Waals surface area contributed by atoms with E-state index >= 15 is 0 Å². The zero-order valence-electron chi connectivity index (χ0n) is 40.6. The third kappa shape index (κ3) is 11.3. The predicted octanol–water partition coefficient (Wildman–Crippen LogP) is 13.8. The van der Waals surface area contributed by atoms with Crippen LogP contribution in [0.2, 0.25) is 0 Å². The van der Waals surface area contributed by atoms with E-state index in [0.29, 0.717) is 0 Å². The summed E-state index contributed by atoms with van der Waals surface area (Å²) in [6, 6.07) is 54.9. The fourth-order valence-corrected chi connectivity index (χ4v) is 8.04. The summed E-state index contributed by atoms with van der Waals surface area (Å²) in [4.78, 5) is 0. The van der Waals surface area contributed by atoms with E-state index in [9.17, 15) is 0 Å². The van der Waals surface area contributed by atoms with Crippen molar-refractivity contribution < 1.29 is 27.9 Å². The van der Waals surface area contributed by atoms with Gasteiger partial charge < -0.3 is 35.4 Å². The molecule has 3 heterocycles. The summed E-state index contributed by atoms with van der Waals surface area (Å²) >= 11 is 3.61. The highest BCUT2D eigenvalue weighted by Crippen LogP contribution is 2.43. The Morgan fingerprint density at radius 2 is 0.538 bits per heavy atom. The number of benzene rings is 6. The summed E-state index contributed by atoms with van der Waals surface area (Å²) in [5, 5.41) is 0. The van der Waals surface area contributed by atoms with Crippen LogP contribution in [0.4, 0.5) is 0 Å². The van der Waals surface area contributed by atoms with Crippen molar-refractivity contribution in [2.75, 3.05) is 0 Å². The molecule has 6 aromatic rings. The first-order chi connectivity index (χ1) is 30.1. The molecular weight excluding hydrogens is 869 g/mol. The summed E-state index contributed by atoms with van der Waals surface area (Å²) in [6.07, 6.45) is 0. The van der Waals surface area contributed by atoms with E-state index in [1.54, 1.807) is 0 Å². The van der Waals surface area contributed by atoms with Crippen LogP contribution in [0.25, 0.3) is 44.5 Å². The molecule has 0 N–H and O–H groups in total. The van der Waals surface area contributed by atoms with Gasteiger partial charge in [0.25, 0.3) is 0 Å². The highest BCUT2D eigenvalue weighted by molar-refractivity contribution is 9.10. The average molecular weight is 934 g/mol. The average Bonchev–Trinajstić information content (AvgIpc) is 3.74. The molecule has 9 rings (SSSR count). The molecule has 0 radical (unpaired) electrons. The molecule has 10 heteroatoms. The molecule has 0 aliphatic carbocycles. The topological polar surface area (TPSA) is 55.4 Å². The van der Waals surface area contributed by atoms with Gasteiger partial charge in [0.1, 0.15) is 0 Å². The second-order valence-corrected chi connectivity index (χ2v) is 20.8. The Morgan fingerprint density at radius 3 is 0.800 bits per heavy atom. The molecule has 3 fully saturated rings. The van der Waals surface area contributed by atoms with Crippen LogP contribution in [-0.2, 0) is 27.9 Å². The molecule has 6 nitrogen and oxygen atoms in total. The van der Waals surface area contributed by atoms with E-state index in [1.807, 2.05) is 79.7 Å². The molecule has 0 atom stereocenters. The smallest absolute Gasteiger partial charge is 0.405 e. The van der Waals surface area contributed by atoms with Gasteiger partial charge in [0.15, 0.2) is 0 Å². The molecule has 0 unspecified atom stereocenters. The summed E-state index contributed by atoms with van der Waals surface area (Å²) < 4.78 is 37.6. The maximum Gasteiger partial charge on any atom is 0.494 e. The summed E-state index contributed by atoms with van der Waals surface area (Å²) in [6.45, 7) is 24.6. The van der Waals surface area contributed by atoms with E-state index in [4.69, 9.17) is 27.9 Å². The quantitative estimate of drug-likeness (QED) is 0.123. The molecule has 338 valence electrons. The van der Waals surface area contributed by atoms with Gasteiger partial charge in [-0.05, 0) is 157 Å². The molecule has 3 aliphatic rings. The lowest BCUT2D eigenvalue weighted by atomic mass is 9.49. The molecule has 3 saturated heterocycles. The highest BCUT2D eigenvalue weighted by atomic mass is 79.9. The first-order valence-electron chi connectivity index (χ1n) is 22.3. The van der Waals surface area contributed by atoms with Gasteiger partial charge >= 0.3 is 21.1 Å². The first kappa shape index (κ1) is 50.2. The standard InChI is InChI=1S/C24H25BO2.C18H13Br.C12H24B2O4.CH3/c1-23(2)24(3,4)27-25(26-23)22-16-20(18-11-7-5-8-12-18)15-21(17-22)19-13-9-6-10-14-19;19-18-12-16(14-7-3-1-4-8-14)11-17(13-18)15-9-5-2-6-10-15;1-9(2)10(3,4)16-13(15-9)14-17-11(5,6)12(7,8)18-14;/h5-17H,1-4H3;1-13H;1-8H3;1H3/q;;;-1. The van der Waals surface area contributed by atoms with Gasteiger partial charge in [-0.2, -0.15) is 0 Å². The van der Waals surface area contributed by atoms with E-state index in [2.05, 4.69) is 177 Å². The third-order valence-electron chi connectivity index (χ3n) is 13.6. The largest absolute Gasteiger partial charge is 0.494 e.